The van der Waals surface area contributed by atoms with Gasteiger partial charge in [0.05, 0.1) is 25.0 Å². The Bertz CT molecular complexity index is 965. The molecule has 0 radical (unpaired) electrons. The van der Waals surface area contributed by atoms with Crippen LogP contribution in [0.3, 0.4) is 0 Å². The summed E-state index contributed by atoms with van der Waals surface area (Å²) in [5.74, 6) is -0.782. The Morgan fingerprint density at radius 2 is 2.13 bits per heavy atom. The van der Waals surface area contributed by atoms with Gasteiger partial charge in [-0.15, -0.1) is 0 Å². The molecule has 30 heavy (non-hydrogen) atoms. The van der Waals surface area contributed by atoms with Gasteiger partial charge >= 0.3 is 6.18 Å². The molecule has 2 amide bonds. The molecule has 160 valence electrons. The zero-order valence-corrected chi connectivity index (χ0v) is 16.0. The molecular formula is C19H19F3N4O4. The van der Waals surface area contributed by atoms with Crippen molar-refractivity contribution in [2.75, 3.05) is 19.8 Å². The SMILES string of the molecule is Cc1cc(CN2Cc3c(ccnc3C(=O)NCCO)C2=O)ncc1OCC(F)(F)F. The van der Waals surface area contributed by atoms with Crippen LogP contribution in [0.2, 0.25) is 0 Å². The number of hydrogen-bond donors (Lipinski definition) is 2. The number of halogens is 3. The summed E-state index contributed by atoms with van der Waals surface area (Å²) in [7, 11) is 0. The number of alkyl halides is 3. The average Bonchev–Trinajstić information content (AvgIpc) is 3.00. The normalized spacial score (nSPS) is 13.4. The summed E-state index contributed by atoms with van der Waals surface area (Å²) in [5, 5.41) is 11.4. The van der Waals surface area contributed by atoms with E-state index in [4.69, 9.17) is 9.84 Å². The Labute approximate surface area is 169 Å². The number of aliphatic hydroxyl groups excluding tert-OH is 1. The number of hydrogen-bond acceptors (Lipinski definition) is 6. The Morgan fingerprint density at radius 1 is 1.37 bits per heavy atom. The molecule has 3 heterocycles. The van der Waals surface area contributed by atoms with Gasteiger partial charge in [-0.1, -0.05) is 0 Å². The maximum Gasteiger partial charge on any atom is 0.422 e. The van der Waals surface area contributed by atoms with Crippen LogP contribution in [0.25, 0.3) is 0 Å². The largest absolute Gasteiger partial charge is 0.482 e. The molecule has 1 aliphatic heterocycles. The highest BCUT2D eigenvalue weighted by Gasteiger charge is 2.32. The highest BCUT2D eigenvalue weighted by Crippen LogP contribution is 2.27. The molecule has 0 fully saturated rings. The number of aryl methyl sites for hydroxylation is 1. The number of nitrogens with one attached hydrogen (secondary N) is 1. The summed E-state index contributed by atoms with van der Waals surface area (Å²) in [6.45, 7) is 0.254. The van der Waals surface area contributed by atoms with Gasteiger partial charge in [0, 0.05) is 30.4 Å². The zero-order valence-electron chi connectivity index (χ0n) is 16.0. The topological polar surface area (TPSA) is 105 Å². The number of ether oxygens (including phenoxy) is 1. The van der Waals surface area contributed by atoms with E-state index >= 15 is 0 Å². The number of rotatable bonds is 7. The molecule has 11 heteroatoms. The second-order valence-electron chi connectivity index (χ2n) is 6.67. The van der Waals surface area contributed by atoms with Crippen LogP contribution in [0.5, 0.6) is 5.75 Å². The molecule has 0 spiro atoms. The smallest absolute Gasteiger partial charge is 0.422 e. The quantitative estimate of drug-likeness (QED) is 0.700. The lowest BCUT2D eigenvalue weighted by Gasteiger charge is -2.16. The fraction of sp³-hybridized carbons (Fsp3) is 0.368. The predicted molar refractivity (Wildman–Crippen MR) is 97.8 cm³/mol. The number of aliphatic hydroxyl groups is 1. The van der Waals surface area contributed by atoms with Crippen LogP contribution in [0, 0.1) is 6.92 Å². The molecule has 0 saturated carbocycles. The maximum absolute atomic E-state index is 12.7. The van der Waals surface area contributed by atoms with Crippen molar-refractivity contribution >= 4 is 11.8 Å². The molecule has 0 atom stereocenters. The first-order valence-corrected chi connectivity index (χ1v) is 9.01. The first kappa shape index (κ1) is 21.5. The number of nitrogens with zero attached hydrogens (tertiary/aromatic N) is 3. The Morgan fingerprint density at radius 3 is 2.80 bits per heavy atom. The minimum absolute atomic E-state index is 0.0131. The number of amides is 2. The van der Waals surface area contributed by atoms with Gasteiger partial charge in [0.2, 0.25) is 0 Å². The van der Waals surface area contributed by atoms with E-state index in [9.17, 15) is 22.8 Å². The van der Waals surface area contributed by atoms with E-state index < -0.39 is 18.7 Å². The van der Waals surface area contributed by atoms with E-state index in [2.05, 4.69) is 15.3 Å². The molecule has 2 N–H and O–H groups in total. The lowest BCUT2D eigenvalue weighted by molar-refractivity contribution is -0.153. The predicted octanol–water partition coefficient (Wildman–Crippen LogP) is 1.60. The minimum atomic E-state index is -4.45. The standard InChI is InChI=1S/C19H19F3N4O4/c1-11-6-12(25-7-15(11)30-10-19(20,21)22)8-26-9-14-13(18(26)29)2-3-23-16(14)17(28)24-4-5-27/h2-3,6-7,27H,4-5,8-10H2,1H3,(H,24,28). The van der Waals surface area contributed by atoms with Gasteiger partial charge in [0.25, 0.3) is 11.8 Å². The van der Waals surface area contributed by atoms with Gasteiger partial charge in [-0.3, -0.25) is 19.6 Å². The fourth-order valence-electron chi connectivity index (χ4n) is 3.06. The molecule has 2 aromatic rings. The first-order valence-electron chi connectivity index (χ1n) is 9.01. The van der Waals surface area contributed by atoms with Crippen LogP contribution < -0.4 is 10.1 Å². The van der Waals surface area contributed by atoms with E-state index in [1.165, 1.54) is 23.4 Å². The number of carbonyl (C=O) groups is 2. The lowest BCUT2D eigenvalue weighted by Crippen LogP contribution is -2.28. The van der Waals surface area contributed by atoms with Crippen LogP contribution in [0.1, 0.15) is 37.7 Å². The van der Waals surface area contributed by atoms with Gasteiger partial charge in [0.1, 0.15) is 11.4 Å². The summed E-state index contributed by atoms with van der Waals surface area (Å²) in [6.07, 6.45) is -1.89. The summed E-state index contributed by atoms with van der Waals surface area (Å²) < 4.78 is 41.7. The van der Waals surface area contributed by atoms with Crippen LogP contribution >= 0.6 is 0 Å². The zero-order chi connectivity index (χ0) is 21.9. The third-order valence-electron chi connectivity index (χ3n) is 4.40. The molecule has 0 aliphatic carbocycles. The third kappa shape index (κ3) is 4.85. The van der Waals surface area contributed by atoms with Gasteiger partial charge < -0.3 is 20.1 Å². The van der Waals surface area contributed by atoms with E-state index in [1.54, 1.807) is 13.0 Å². The monoisotopic (exact) mass is 424 g/mol. The van der Waals surface area contributed by atoms with E-state index in [1.807, 2.05) is 0 Å². The van der Waals surface area contributed by atoms with Crippen LogP contribution in [-0.2, 0) is 13.1 Å². The Kier molecular flexibility index (Phi) is 6.20. The molecule has 8 nitrogen and oxygen atoms in total. The highest BCUT2D eigenvalue weighted by molar-refractivity contribution is 6.03. The van der Waals surface area contributed by atoms with Crippen molar-refractivity contribution in [3.63, 3.8) is 0 Å². The van der Waals surface area contributed by atoms with Crippen LogP contribution in [-0.4, -0.2) is 57.7 Å². The van der Waals surface area contributed by atoms with E-state index in [0.29, 0.717) is 22.4 Å². The molecular weight excluding hydrogens is 405 g/mol. The fourth-order valence-corrected chi connectivity index (χ4v) is 3.06. The van der Waals surface area contributed by atoms with Crippen molar-refractivity contribution in [3.8, 4) is 5.75 Å². The van der Waals surface area contributed by atoms with Gasteiger partial charge in [0.15, 0.2) is 6.61 Å². The molecule has 0 unspecified atom stereocenters. The van der Waals surface area contributed by atoms with Crippen molar-refractivity contribution in [2.45, 2.75) is 26.2 Å². The van der Waals surface area contributed by atoms with Crippen molar-refractivity contribution < 1.29 is 32.6 Å². The third-order valence-corrected chi connectivity index (χ3v) is 4.40. The second kappa shape index (κ2) is 8.66. The van der Waals surface area contributed by atoms with Crippen molar-refractivity contribution in [2.24, 2.45) is 0 Å². The molecule has 1 aliphatic rings. The van der Waals surface area contributed by atoms with E-state index in [-0.39, 0.29) is 43.6 Å². The molecule has 0 bridgehead atoms. The Hall–Kier alpha value is -3.21. The number of fused-ring (bicyclic) bond motifs is 1. The van der Waals surface area contributed by atoms with E-state index in [0.717, 1.165) is 0 Å². The summed E-state index contributed by atoms with van der Waals surface area (Å²) in [4.78, 5) is 34.5. The van der Waals surface area contributed by atoms with Crippen LogP contribution in [0.4, 0.5) is 13.2 Å². The van der Waals surface area contributed by atoms with Crippen molar-refractivity contribution in [1.82, 2.24) is 20.2 Å². The summed E-state index contributed by atoms with van der Waals surface area (Å²) in [5.41, 5.74) is 1.85. The van der Waals surface area contributed by atoms with Gasteiger partial charge in [-0.05, 0) is 24.6 Å². The minimum Gasteiger partial charge on any atom is -0.482 e. The van der Waals surface area contributed by atoms with Crippen molar-refractivity contribution in [1.29, 1.82) is 0 Å². The highest BCUT2D eigenvalue weighted by atomic mass is 19.4. The number of carbonyl (C=O) groups excluding carboxylic acids is 2. The van der Waals surface area contributed by atoms with Gasteiger partial charge in [-0.25, -0.2) is 0 Å². The lowest BCUT2D eigenvalue weighted by atomic mass is 10.1. The molecule has 2 aromatic heterocycles. The molecule has 0 aromatic carbocycles. The van der Waals surface area contributed by atoms with Gasteiger partial charge in [-0.2, -0.15) is 13.2 Å². The maximum atomic E-state index is 12.7. The molecule has 3 rings (SSSR count). The molecule has 0 saturated heterocycles. The Balaban J connectivity index is 1.73. The van der Waals surface area contributed by atoms with Crippen LogP contribution in [0.15, 0.2) is 24.5 Å². The summed E-state index contributed by atoms with van der Waals surface area (Å²) >= 11 is 0. The number of pyridine rings is 2. The summed E-state index contributed by atoms with van der Waals surface area (Å²) in [6, 6.07) is 3.07. The van der Waals surface area contributed by atoms with Crippen molar-refractivity contribution in [3.05, 3.63) is 52.6 Å². The number of aromatic nitrogens is 2. The first-order chi connectivity index (χ1) is 14.2. The average molecular weight is 424 g/mol. The second-order valence-corrected chi connectivity index (χ2v) is 6.67.